The summed E-state index contributed by atoms with van der Waals surface area (Å²) >= 11 is 0. The SMILES string of the molecule is Cc1nc2cc(C(=O)O)ccn2c1-c1ccnc(C2(c3ccc(C(=O)NO)cc3)CC2)n1. The molecule has 1 aliphatic carbocycles. The number of carbonyl (C=O) groups excluding carboxylic acids is 1. The van der Waals surface area contributed by atoms with Gasteiger partial charge in [0.05, 0.1) is 28.1 Å². The van der Waals surface area contributed by atoms with Gasteiger partial charge in [0, 0.05) is 18.0 Å². The highest BCUT2D eigenvalue weighted by Crippen LogP contribution is 2.52. The van der Waals surface area contributed by atoms with Crippen molar-refractivity contribution in [3.05, 3.63) is 83.1 Å². The molecule has 1 amide bonds. The second-order valence-electron chi connectivity index (χ2n) is 7.86. The quantitative estimate of drug-likeness (QED) is 0.328. The maximum Gasteiger partial charge on any atom is 0.335 e. The van der Waals surface area contributed by atoms with Gasteiger partial charge in [0.2, 0.25) is 0 Å². The number of imidazole rings is 1. The third-order valence-electron chi connectivity index (χ3n) is 5.92. The van der Waals surface area contributed by atoms with E-state index in [2.05, 4.69) is 9.97 Å². The first-order valence-corrected chi connectivity index (χ1v) is 10.0. The number of hydroxylamine groups is 1. The van der Waals surface area contributed by atoms with E-state index in [0.717, 1.165) is 29.8 Å². The van der Waals surface area contributed by atoms with E-state index in [0.29, 0.717) is 22.7 Å². The fraction of sp³-hybridized carbons (Fsp3) is 0.174. The number of benzene rings is 1. The highest BCUT2D eigenvalue weighted by atomic mass is 16.5. The molecule has 4 aromatic rings. The highest BCUT2D eigenvalue weighted by molar-refractivity contribution is 5.93. The second kappa shape index (κ2) is 7.24. The topological polar surface area (TPSA) is 130 Å². The molecule has 0 aliphatic heterocycles. The number of carboxylic acids is 1. The Kier molecular flexibility index (Phi) is 4.49. The maximum absolute atomic E-state index is 11.6. The van der Waals surface area contributed by atoms with Gasteiger partial charge in [-0.05, 0) is 55.7 Å². The monoisotopic (exact) mass is 429 g/mol. The minimum absolute atomic E-state index is 0.174. The molecule has 0 atom stereocenters. The minimum atomic E-state index is -1.00. The molecule has 5 rings (SSSR count). The number of amides is 1. The van der Waals surface area contributed by atoms with Gasteiger partial charge in [-0.1, -0.05) is 12.1 Å². The van der Waals surface area contributed by atoms with E-state index < -0.39 is 11.9 Å². The number of aromatic nitrogens is 4. The molecular weight excluding hydrogens is 410 g/mol. The Labute approximate surface area is 182 Å². The van der Waals surface area contributed by atoms with Crippen LogP contribution in [0.4, 0.5) is 0 Å². The zero-order chi connectivity index (χ0) is 22.5. The third-order valence-corrected chi connectivity index (χ3v) is 5.92. The average Bonchev–Trinajstić information content (AvgIpc) is 3.55. The van der Waals surface area contributed by atoms with Crippen LogP contribution >= 0.6 is 0 Å². The number of aryl methyl sites for hydroxylation is 1. The molecular formula is C23H19N5O4. The summed E-state index contributed by atoms with van der Waals surface area (Å²) in [6.07, 6.45) is 5.18. The zero-order valence-corrected chi connectivity index (χ0v) is 17.1. The summed E-state index contributed by atoms with van der Waals surface area (Å²) in [5.41, 5.74) is 5.61. The predicted molar refractivity (Wildman–Crippen MR) is 114 cm³/mol. The van der Waals surface area contributed by atoms with Gasteiger partial charge in [-0.25, -0.2) is 25.2 Å². The van der Waals surface area contributed by atoms with Crippen LogP contribution in [-0.2, 0) is 5.41 Å². The molecule has 0 unspecified atom stereocenters. The van der Waals surface area contributed by atoms with Crippen LogP contribution in [0, 0.1) is 6.92 Å². The molecule has 0 radical (unpaired) electrons. The Morgan fingerprint density at radius 3 is 2.47 bits per heavy atom. The zero-order valence-electron chi connectivity index (χ0n) is 17.1. The Balaban J connectivity index is 1.55. The van der Waals surface area contributed by atoms with Crippen LogP contribution in [0.5, 0.6) is 0 Å². The van der Waals surface area contributed by atoms with Crippen LogP contribution in [0.1, 0.15) is 50.6 Å². The second-order valence-corrected chi connectivity index (χ2v) is 7.86. The van der Waals surface area contributed by atoms with Crippen LogP contribution < -0.4 is 5.48 Å². The number of nitrogens with zero attached hydrogens (tertiary/aromatic N) is 4. The van der Waals surface area contributed by atoms with Crippen molar-refractivity contribution in [3.63, 3.8) is 0 Å². The van der Waals surface area contributed by atoms with Crippen molar-refractivity contribution in [3.8, 4) is 11.4 Å². The van der Waals surface area contributed by atoms with Crippen LogP contribution in [0.2, 0.25) is 0 Å². The minimum Gasteiger partial charge on any atom is -0.478 e. The van der Waals surface area contributed by atoms with Gasteiger partial charge in [0.1, 0.15) is 11.5 Å². The van der Waals surface area contributed by atoms with E-state index in [1.807, 2.05) is 29.5 Å². The van der Waals surface area contributed by atoms with Crippen molar-refractivity contribution in [2.24, 2.45) is 0 Å². The third kappa shape index (κ3) is 3.10. The average molecular weight is 429 g/mol. The van der Waals surface area contributed by atoms with Gasteiger partial charge >= 0.3 is 5.97 Å². The van der Waals surface area contributed by atoms with Crippen molar-refractivity contribution >= 4 is 17.5 Å². The maximum atomic E-state index is 11.6. The van der Waals surface area contributed by atoms with Gasteiger partial charge in [-0.3, -0.25) is 14.4 Å². The van der Waals surface area contributed by atoms with Crippen molar-refractivity contribution in [1.82, 2.24) is 24.8 Å². The van der Waals surface area contributed by atoms with Crippen molar-refractivity contribution in [1.29, 1.82) is 0 Å². The van der Waals surface area contributed by atoms with Gasteiger partial charge in [-0.2, -0.15) is 0 Å². The first-order chi connectivity index (χ1) is 15.4. The summed E-state index contributed by atoms with van der Waals surface area (Å²) in [5.74, 6) is -0.878. The normalized spacial score (nSPS) is 14.3. The lowest BCUT2D eigenvalue weighted by atomic mass is 9.93. The number of hydrogen-bond acceptors (Lipinski definition) is 6. The Hall–Kier alpha value is -4.11. The molecule has 0 spiro atoms. The molecule has 3 heterocycles. The molecule has 1 aromatic carbocycles. The van der Waals surface area contributed by atoms with Gasteiger partial charge in [0.25, 0.3) is 5.91 Å². The van der Waals surface area contributed by atoms with E-state index in [1.165, 1.54) is 12.1 Å². The van der Waals surface area contributed by atoms with E-state index in [1.54, 1.807) is 30.0 Å². The molecule has 3 N–H and O–H groups in total. The number of fused-ring (bicyclic) bond motifs is 1. The lowest BCUT2D eigenvalue weighted by Crippen LogP contribution is -2.19. The first-order valence-electron chi connectivity index (χ1n) is 10.0. The number of aromatic carboxylic acids is 1. The number of nitrogens with one attached hydrogen (secondary N) is 1. The summed E-state index contributed by atoms with van der Waals surface area (Å²) in [6.45, 7) is 1.86. The molecule has 1 saturated carbocycles. The molecule has 160 valence electrons. The van der Waals surface area contributed by atoms with Crippen LogP contribution in [0.25, 0.3) is 17.0 Å². The molecule has 3 aromatic heterocycles. The fourth-order valence-corrected chi connectivity index (χ4v) is 4.10. The molecule has 1 fully saturated rings. The van der Waals surface area contributed by atoms with E-state index in [-0.39, 0.29) is 11.0 Å². The standard InChI is InChI=1S/C23H19N5O4/c1-13-19(28-11-7-15(21(30)31)12-18(28)25-13)17-6-10-24-22(26-17)23(8-9-23)16-4-2-14(3-5-16)20(29)27-32/h2-7,10-12,32H,8-9H2,1H3,(H,27,29)(H,30,31). The van der Waals surface area contributed by atoms with Gasteiger partial charge in [0.15, 0.2) is 0 Å². The summed E-state index contributed by atoms with van der Waals surface area (Å²) in [7, 11) is 0. The van der Waals surface area contributed by atoms with Crippen LogP contribution in [-0.4, -0.2) is 41.5 Å². The molecule has 9 heteroatoms. The lowest BCUT2D eigenvalue weighted by Gasteiger charge is -2.15. The highest BCUT2D eigenvalue weighted by Gasteiger charge is 2.48. The summed E-state index contributed by atoms with van der Waals surface area (Å²) in [4.78, 5) is 36.8. The van der Waals surface area contributed by atoms with Gasteiger partial charge in [-0.15, -0.1) is 0 Å². The van der Waals surface area contributed by atoms with Gasteiger partial charge < -0.3 is 5.11 Å². The number of pyridine rings is 1. The van der Waals surface area contributed by atoms with E-state index >= 15 is 0 Å². The van der Waals surface area contributed by atoms with E-state index in [9.17, 15) is 14.7 Å². The van der Waals surface area contributed by atoms with Crippen molar-refractivity contribution < 1.29 is 19.9 Å². The Bertz CT molecular complexity index is 1370. The van der Waals surface area contributed by atoms with Crippen molar-refractivity contribution in [2.45, 2.75) is 25.2 Å². The molecule has 0 bridgehead atoms. The number of carboxylic acid groups (broad SMARTS) is 1. The summed E-state index contributed by atoms with van der Waals surface area (Å²) < 4.78 is 1.83. The molecule has 0 saturated heterocycles. The van der Waals surface area contributed by atoms with E-state index in [4.69, 9.17) is 10.2 Å². The predicted octanol–water partition coefficient (Wildman–Crippen LogP) is 3.00. The smallest absolute Gasteiger partial charge is 0.335 e. The molecule has 1 aliphatic rings. The number of hydrogen-bond donors (Lipinski definition) is 3. The lowest BCUT2D eigenvalue weighted by molar-refractivity contribution is 0.0693. The van der Waals surface area contributed by atoms with Crippen LogP contribution in [0.15, 0.2) is 54.9 Å². The summed E-state index contributed by atoms with van der Waals surface area (Å²) in [6, 6.07) is 11.9. The number of carbonyl (C=O) groups is 2. The Morgan fingerprint density at radius 2 is 1.81 bits per heavy atom. The number of rotatable bonds is 5. The molecule has 32 heavy (non-hydrogen) atoms. The summed E-state index contributed by atoms with van der Waals surface area (Å²) in [5, 5.41) is 18.1. The fourth-order valence-electron chi connectivity index (χ4n) is 4.10. The Morgan fingerprint density at radius 1 is 1.06 bits per heavy atom. The first kappa shape index (κ1) is 19.8. The van der Waals surface area contributed by atoms with Crippen LogP contribution in [0.3, 0.4) is 0 Å². The molecule has 9 nitrogen and oxygen atoms in total. The largest absolute Gasteiger partial charge is 0.478 e. The van der Waals surface area contributed by atoms with Crippen molar-refractivity contribution in [2.75, 3.05) is 0 Å².